The van der Waals surface area contributed by atoms with Crippen molar-refractivity contribution in [3.05, 3.63) is 52.1 Å². The zero-order valence-corrected chi connectivity index (χ0v) is 25.4. The Bertz CT molecular complexity index is 1110. The van der Waals surface area contributed by atoms with E-state index in [9.17, 15) is 19.8 Å². The molecule has 2 N–H and O–H groups in total. The van der Waals surface area contributed by atoms with E-state index in [0.717, 1.165) is 22.3 Å². The zero-order valence-electron chi connectivity index (χ0n) is 20.7. The van der Waals surface area contributed by atoms with Crippen LogP contribution in [0.1, 0.15) is 68.4 Å². The summed E-state index contributed by atoms with van der Waals surface area (Å²) in [6, 6.07) is 7.17. The summed E-state index contributed by atoms with van der Waals surface area (Å²) in [7, 11) is 0. The monoisotopic (exact) mass is 674 g/mol. The van der Waals surface area contributed by atoms with E-state index in [1.165, 1.54) is 0 Å². The van der Waals surface area contributed by atoms with E-state index >= 15 is 0 Å². The van der Waals surface area contributed by atoms with E-state index in [2.05, 4.69) is 47.3 Å². The van der Waals surface area contributed by atoms with Gasteiger partial charge in [-0.05, 0) is 31.0 Å². The van der Waals surface area contributed by atoms with Crippen LogP contribution in [-0.2, 0) is 27.0 Å². The zero-order chi connectivity index (χ0) is 26.7. The summed E-state index contributed by atoms with van der Waals surface area (Å²) in [5.74, 6) is 0.419. The van der Waals surface area contributed by atoms with Gasteiger partial charge < -0.3 is 19.7 Å². The van der Waals surface area contributed by atoms with Crippen LogP contribution in [0.5, 0.6) is 17.2 Å². The van der Waals surface area contributed by atoms with Crippen LogP contribution in [0.25, 0.3) is 0 Å². The number of ether oxygens (including phenoxy) is 2. The van der Waals surface area contributed by atoms with E-state index in [1.54, 1.807) is 6.07 Å². The van der Waals surface area contributed by atoms with Gasteiger partial charge in [0.1, 0.15) is 5.75 Å². The molecule has 0 bridgehead atoms. The number of phenols is 1. The van der Waals surface area contributed by atoms with E-state index in [0.29, 0.717) is 29.9 Å². The van der Waals surface area contributed by atoms with Crippen LogP contribution in [0.2, 0.25) is 0 Å². The van der Waals surface area contributed by atoms with Gasteiger partial charge in [-0.25, -0.2) is 0 Å². The molecule has 0 fully saturated rings. The molecule has 190 valence electrons. The second-order valence-electron chi connectivity index (χ2n) is 9.83. The van der Waals surface area contributed by atoms with Crippen LogP contribution in [0.4, 0.5) is 0 Å². The van der Waals surface area contributed by atoms with Crippen LogP contribution in [0.15, 0.2) is 24.3 Å². The van der Waals surface area contributed by atoms with Gasteiger partial charge in [-0.2, -0.15) is 0 Å². The summed E-state index contributed by atoms with van der Waals surface area (Å²) in [6.45, 7) is 11.9. The number of carbonyl (C=O) groups excluding carboxylic acids is 2. The van der Waals surface area contributed by atoms with Gasteiger partial charge in [0.2, 0.25) is 0 Å². The van der Waals surface area contributed by atoms with Crippen molar-refractivity contribution in [2.45, 2.75) is 71.8 Å². The highest BCUT2D eigenvalue weighted by Crippen LogP contribution is 2.45. The number of benzene rings is 2. The molecule has 0 aromatic heterocycles. The van der Waals surface area contributed by atoms with E-state index in [1.807, 2.05) is 59.7 Å². The van der Waals surface area contributed by atoms with Gasteiger partial charge >= 0.3 is 15.1 Å². The van der Waals surface area contributed by atoms with Crippen molar-refractivity contribution in [3.8, 4) is 17.2 Å². The number of aliphatic hydroxyl groups excluding tert-OH is 1. The first-order valence-corrected chi connectivity index (χ1v) is 13.8. The average molecular weight is 677 g/mol. The predicted molar refractivity (Wildman–Crippen MR) is 149 cm³/mol. The molecule has 0 spiro atoms. The molecular formula is C25H30BBr3O6. The number of hydrogen-bond donors (Lipinski definition) is 2. The SMILES string of the molecule is BrB(Br)Br.Cc1ccc(CO)c2c1C(C)(C)CC(=O)O2.Cc1ccc(O)c2c1C(C)(C)CC(=O)O2. The van der Waals surface area contributed by atoms with Crippen molar-refractivity contribution in [2.75, 3.05) is 0 Å². The molecule has 6 nitrogen and oxygen atoms in total. The Balaban J connectivity index is 0.000000215. The van der Waals surface area contributed by atoms with Gasteiger partial charge in [0.15, 0.2) is 11.5 Å². The minimum absolute atomic E-state index is 0.0386. The smallest absolute Gasteiger partial charge is 0.369 e. The topological polar surface area (TPSA) is 93.1 Å². The quantitative estimate of drug-likeness (QED) is 0.203. The maximum absolute atomic E-state index is 11.5. The van der Waals surface area contributed by atoms with Crippen LogP contribution in [0.3, 0.4) is 0 Å². The van der Waals surface area contributed by atoms with E-state index < -0.39 is 0 Å². The maximum atomic E-state index is 11.5. The molecule has 0 aliphatic carbocycles. The molecule has 0 unspecified atom stereocenters. The molecule has 2 aromatic rings. The lowest BCUT2D eigenvalue weighted by molar-refractivity contribution is -0.138. The fourth-order valence-corrected chi connectivity index (χ4v) is 4.62. The third-order valence-corrected chi connectivity index (χ3v) is 5.92. The number of aryl methyl sites for hydroxylation is 2. The lowest BCUT2D eigenvalue weighted by atomic mass is 9.76. The summed E-state index contributed by atoms with van der Waals surface area (Å²) in [6.07, 6.45) is 0.736. The summed E-state index contributed by atoms with van der Waals surface area (Å²) in [5, 5.41) is 18.9. The molecule has 0 radical (unpaired) electrons. The molecule has 2 aliphatic rings. The molecule has 10 heteroatoms. The lowest BCUT2D eigenvalue weighted by Crippen LogP contribution is -2.32. The van der Waals surface area contributed by atoms with Crippen molar-refractivity contribution >= 4 is 62.4 Å². The molecule has 4 rings (SSSR count). The molecule has 2 aliphatic heterocycles. The van der Waals surface area contributed by atoms with E-state index in [-0.39, 0.29) is 38.3 Å². The minimum Gasteiger partial charge on any atom is -0.504 e. The van der Waals surface area contributed by atoms with Crippen LogP contribution >= 0.6 is 47.3 Å². The number of phenolic OH excluding ortho intramolecular Hbond substituents is 1. The Kier molecular flexibility index (Phi) is 10.1. The molecule has 0 saturated carbocycles. The summed E-state index contributed by atoms with van der Waals surface area (Å²) < 4.78 is 10.6. The standard InChI is InChI=1S/C13H16O3.C12H14O3.BBr3/c1-8-4-5-9(7-14)12-11(8)13(2,3)6-10(15)16-12;1-7-4-5-8(13)11-10(7)12(2,3)6-9(14)15-11;2-1(3)4/h4-5,14H,6-7H2,1-3H3;4-5,13H,6H2,1-3H3;. The molecule has 0 amide bonds. The molecule has 2 heterocycles. The number of aromatic hydroxyl groups is 1. The van der Waals surface area contributed by atoms with E-state index in [4.69, 9.17) is 9.47 Å². The highest BCUT2D eigenvalue weighted by Gasteiger charge is 2.37. The Morgan fingerprint density at radius 3 is 1.69 bits per heavy atom. The fourth-order valence-electron chi connectivity index (χ4n) is 4.62. The molecule has 0 atom stereocenters. The molecule has 35 heavy (non-hydrogen) atoms. The Labute approximate surface area is 231 Å². The highest BCUT2D eigenvalue weighted by atomic mass is 79.9. The van der Waals surface area contributed by atoms with Gasteiger partial charge in [0, 0.05) is 27.5 Å². The number of rotatable bonds is 1. The number of fused-ring (bicyclic) bond motifs is 2. The number of aliphatic hydroxyl groups is 1. The Morgan fingerprint density at radius 1 is 0.829 bits per heavy atom. The van der Waals surface area contributed by atoms with Gasteiger partial charge in [0.25, 0.3) is 0 Å². The van der Waals surface area contributed by atoms with Gasteiger partial charge in [-0.1, -0.05) is 45.9 Å². The van der Waals surface area contributed by atoms with Crippen molar-refractivity contribution < 1.29 is 29.3 Å². The first-order chi connectivity index (χ1) is 16.1. The number of carbonyl (C=O) groups is 2. The van der Waals surface area contributed by atoms with Crippen molar-refractivity contribution in [1.29, 1.82) is 0 Å². The summed E-state index contributed by atoms with van der Waals surface area (Å²) in [5.41, 5.74) is 4.31. The van der Waals surface area contributed by atoms with Crippen molar-refractivity contribution in [2.24, 2.45) is 0 Å². The lowest BCUT2D eigenvalue weighted by Gasteiger charge is -2.33. The maximum Gasteiger partial charge on any atom is 0.369 e. The first kappa shape index (κ1) is 29.9. The first-order valence-electron chi connectivity index (χ1n) is 11.0. The van der Waals surface area contributed by atoms with Crippen LogP contribution in [-0.4, -0.2) is 25.3 Å². The molecular weight excluding hydrogens is 647 g/mol. The van der Waals surface area contributed by atoms with Crippen LogP contribution < -0.4 is 9.47 Å². The second kappa shape index (κ2) is 11.8. The van der Waals surface area contributed by atoms with Crippen LogP contribution in [0, 0.1) is 13.8 Å². The van der Waals surface area contributed by atoms with Gasteiger partial charge in [-0.15, -0.1) is 47.3 Å². The number of esters is 2. The van der Waals surface area contributed by atoms with Gasteiger partial charge in [-0.3, -0.25) is 9.59 Å². The van der Waals surface area contributed by atoms with Crippen molar-refractivity contribution in [1.82, 2.24) is 0 Å². The van der Waals surface area contributed by atoms with Gasteiger partial charge in [0.05, 0.1) is 19.4 Å². The summed E-state index contributed by atoms with van der Waals surface area (Å²) in [4.78, 5) is 22.9. The Hall–Kier alpha value is -1.36. The summed E-state index contributed by atoms with van der Waals surface area (Å²) >= 11 is 9.31. The predicted octanol–water partition coefficient (Wildman–Crippen LogP) is 6.52. The fraction of sp³-hybridized carbons (Fsp3) is 0.440. The minimum atomic E-state index is -0.284. The third kappa shape index (κ3) is 7.34. The largest absolute Gasteiger partial charge is 0.504 e. The second-order valence-corrected chi connectivity index (χ2v) is 16.3. The third-order valence-electron chi connectivity index (χ3n) is 5.92. The highest BCUT2D eigenvalue weighted by molar-refractivity contribution is 9.69. The number of hydrogen-bond acceptors (Lipinski definition) is 6. The number of halogens is 3. The normalized spacial score (nSPS) is 16.7. The van der Waals surface area contributed by atoms with Crippen molar-refractivity contribution in [3.63, 3.8) is 0 Å². The Morgan fingerprint density at radius 2 is 1.23 bits per heavy atom. The average Bonchev–Trinajstić information content (AvgIpc) is 2.69. The molecule has 2 aromatic carbocycles. The molecule has 0 saturated heterocycles.